The smallest absolute Gasteiger partial charge is 0.311 e. The van der Waals surface area contributed by atoms with Crippen molar-refractivity contribution in [3.05, 3.63) is 12.2 Å². The van der Waals surface area contributed by atoms with Gasteiger partial charge in [0.05, 0.1) is 5.92 Å². The Hall–Kier alpha value is -0.770. The van der Waals surface area contributed by atoms with Crippen LogP contribution in [0.3, 0.4) is 0 Å². The summed E-state index contributed by atoms with van der Waals surface area (Å²) in [5.74, 6) is -1.12. The van der Waals surface area contributed by atoms with E-state index in [0.717, 1.165) is 11.8 Å². The van der Waals surface area contributed by atoms with Crippen LogP contribution in [0.15, 0.2) is 12.2 Å². The predicted molar refractivity (Wildman–Crippen MR) is 49.1 cm³/mol. The maximum Gasteiger partial charge on any atom is 0.311 e. The highest BCUT2D eigenvalue weighted by atomic mass is 32.2. The molecule has 0 heterocycles. The highest BCUT2D eigenvalue weighted by Gasteiger charge is 2.13. The average Bonchev–Trinajstić information content (AvgIpc) is 1.96. The minimum atomic E-state index is -0.887. The SMILES string of the molecule is CC=CC(CSC(C)=O)C(=O)O. The lowest BCUT2D eigenvalue weighted by Gasteiger charge is -2.03. The zero-order valence-electron chi connectivity index (χ0n) is 7.11. The lowest BCUT2D eigenvalue weighted by molar-refractivity contribution is -0.139. The minimum Gasteiger partial charge on any atom is -0.481 e. The molecule has 3 nitrogen and oxygen atoms in total. The number of carbonyl (C=O) groups is 2. The Balaban J connectivity index is 3.96. The molecule has 12 heavy (non-hydrogen) atoms. The van der Waals surface area contributed by atoms with Gasteiger partial charge in [-0.25, -0.2) is 0 Å². The second-order valence-electron chi connectivity index (χ2n) is 2.27. The number of aliphatic carboxylic acids is 1. The fraction of sp³-hybridized carbons (Fsp3) is 0.500. The maximum atomic E-state index is 10.5. The molecular weight excluding hydrogens is 176 g/mol. The summed E-state index contributed by atoms with van der Waals surface area (Å²) >= 11 is 1.04. The molecule has 0 aliphatic carbocycles. The Kier molecular flexibility index (Phi) is 5.45. The van der Waals surface area contributed by atoms with E-state index in [1.165, 1.54) is 6.92 Å². The van der Waals surface area contributed by atoms with Gasteiger partial charge >= 0.3 is 5.97 Å². The number of allylic oxidation sites excluding steroid dienone is 1. The van der Waals surface area contributed by atoms with E-state index in [2.05, 4.69) is 0 Å². The van der Waals surface area contributed by atoms with Crippen molar-refractivity contribution in [2.75, 3.05) is 5.75 Å². The van der Waals surface area contributed by atoms with E-state index >= 15 is 0 Å². The molecule has 1 N–H and O–H groups in total. The fourth-order valence-corrected chi connectivity index (χ4v) is 1.32. The quantitative estimate of drug-likeness (QED) is 0.680. The maximum absolute atomic E-state index is 10.5. The van der Waals surface area contributed by atoms with Gasteiger partial charge in [-0.15, -0.1) is 0 Å². The van der Waals surface area contributed by atoms with Crippen molar-refractivity contribution in [3.8, 4) is 0 Å². The highest BCUT2D eigenvalue weighted by Crippen LogP contribution is 2.10. The zero-order chi connectivity index (χ0) is 9.56. The molecule has 0 rings (SSSR count). The molecule has 0 saturated heterocycles. The summed E-state index contributed by atoms with van der Waals surface area (Å²) in [7, 11) is 0. The van der Waals surface area contributed by atoms with Gasteiger partial charge in [0.15, 0.2) is 5.12 Å². The standard InChI is InChI=1S/C8H12O3S/c1-3-4-7(8(10)11)5-12-6(2)9/h3-4,7H,5H2,1-2H3,(H,10,11). The largest absolute Gasteiger partial charge is 0.481 e. The van der Waals surface area contributed by atoms with E-state index in [1.807, 2.05) is 0 Å². The first kappa shape index (κ1) is 11.2. The summed E-state index contributed by atoms with van der Waals surface area (Å²) in [6.07, 6.45) is 3.26. The monoisotopic (exact) mass is 188 g/mol. The second-order valence-corrected chi connectivity index (χ2v) is 3.47. The first-order valence-corrected chi connectivity index (χ1v) is 4.55. The molecule has 0 bridgehead atoms. The van der Waals surface area contributed by atoms with Crippen LogP contribution in [0.4, 0.5) is 0 Å². The summed E-state index contributed by atoms with van der Waals surface area (Å²) in [6.45, 7) is 3.19. The normalized spacial score (nSPS) is 13.2. The van der Waals surface area contributed by atoms with Gasteiger partial charge in [-0.05, 0) is 6.92 Å². The summed E-state index contributed by atoms with van der Waals surface area (Å²) in [4.78, 5) is 21.0. The third-order valence-corrected chi connectivity index (χ3v) is 2.14. The fourth-order valence-electron chi connectivity index (χ4n) is 0.649. The van der Waals surface area contributed by atoms with E-state index in [9.17, 15) is 9.59 Å². The van der Waals surface area contributed by atoms with Gasteiger partial charge in [-0.3, -0.25) is 9.59 Å². The molecule has 1 atom stereocenters. The van der Waals surface area contributed by atoms with E-state index < -0.39 is 11.9 Å². The van der Waals surface area contributed by atoms with Gasteiger partial charge in [0, 0.05) is 12.7 Å². The number of hydrogen-bond acceptors (Lipinski definition) is 3. The van der Waals surface area contributed by atoms with Gasteiger partial charge in [0.1, 0.15) is 0 Å². The Morgan fingerprint density at radius 2 is 2.17 bits per heavy atom. The van der Waals surface area contributed by atoms with E-state index in [0.29, 0.717) is 5.75 Å². The minimum absolute atomic E-state index is 0.0502. The van der Waals surface area contributed by atoms with Crippen LogP contribution >= 0.6 is 11.8 Å². The Labute approximate surface area is 75.8 Å². The Bertz CT molecular complexity index is 198. The molecule has 0 saturated carbocycles. The molecule has 0 aliphatic rings. The van der Waals surface area contributed by atoms with Crippen molar-refractivity contribution >= 4 is 22.8 Å². The summed E-state index contributed by atoms with van der Waals surface area (Å²) in [5.41, 5.74) is 0. The molecule has 0 aromatic heterocycles. The molecule has 0 aliphatic heterocycles. The summed E-state index contributed by atoms with van der Waals surface area (Å²) in [5, 5.41) is 8.59. The van der Waals surface area contributed by atoms with Crippen LogP contribution in [0.25, 0.3) is 0 Å². The van der Waals surface area contributed by atoms with Gasteiger partial charge < -0.3 is 5.11 Å². The third kappa shape index (κ3) is 4.96. The molecule has 4 heteroatoms. The van der Waals surface area contributed by atoms with Crippen LogP contribution in [-0.2, 0) is 9.59 Å². The molecule has 68 valence electrons. The molecule has 1 unspecified atom stereocenters. The average molecular weight is 188 g/mol. The van der Waals surface area contributed by atoms with Crippen LogP contribution in [-0.4, -0.2) is 21.9 Å². The Morgan fingerprint density at radius 3 is 2.50 bits per heavy atom. The van der Waals surface area contributed by atoms with Crippen molar-refractivity contribution < 1.29 is 14.7 Å². The number of rotatable bonds is 4. The topological polar surface area (TPSA) is 54.4 Å². The number of carboxylic acid groups (broad SMARTS) is 1. The lowest BCUT2D eigenvalue weighted by atomic mass is 10.2. The van der Waals surface area contributed by atoms with Crippen molar-refractivity contribution in [1.82, 2.24) is 0 Å². The molecule has 0 aromatic rings. The van der Waals surface area contributed by atoms with Crippen LogP contribution in [0.5, 0.6) is 0 Å². The predicted octanol–water partition coefficient (Wildman–Crippen LogP) is 1.54. The first-order chi connectivity index (χ1) is 5.57. The van der Waals surface area contributed by atoms with Crippen LogP contribution in [0, 0.1) is 5.92 Å². The molecule has 0 fully saturated rings. The summed E-state index contributed by atoms with van der Waals surface area (Å²) in [6, 6.07) is 0. The number of carbonyl (C=O) groups excluding carboxylic acids is 1. The van der Waals surface area contributed by atoms with Gasteiger partial charge in [0.25, 0.3) is 0 Å². The molecule has 0 amide bonds. The van der Waals surface area contributed by atoms with Crippen molar-refractivity contribution in [2.24, 2.45) is 5.92 Å². The van der Waals surface area contributed by atoms with E-state index in [-0.39, 0.29) is 5.12 Å². The van der Waals surface area contributed by atoms with E-state index in [4.69, 9.17) is 5.11 Å². The third-order valence-electron chi connectivity index (χ3n) is 1.21. The van der Waals surface area contributed by atoms with Crippen LogP contribution in [0.1, 0.15) is 13.8 Å². The number of thioether (sulfide) groups is 1. The number of carboxylic acids is 1. The van der Waals surface area contributed by atoms with Crippen molar-refractivity contribution in [1.29, 1.82) is 0 Å². The molecule has 0 radical (unpaired) electrons. The lowest BCUT2D eigenvalue weighted by Crippen LogP contribution is -2.14. The van der Waals surface area contributed by atoms with Crippen molar-refractivity contribution in [3.63, 3.8) is 0 Å². The van der Waals surface area contributed by atoms with Crippen LogP contribution < -0.4 is 0 Å². The van der Waals surface area contributed by atoms with Gasteiger partial charge in [-0.2, -0.15) is 0 Å². The number of hydrogen-bond donors (Lipinski definition) is 1. The molecular formula is C8H12O3S. The van der Waals surface area contributed by atoms with E-state index in [1.54, 1.807) is 19.1 Å². The Morgan fingerprint density at radius 1 is 1.58 bits per heavy atom. The molecule has 0 spiro atoms. The summed E-state index contributed by atoms with van der Waals surface area (Å²) < 4.78 is 0. The first-order valence-electron chi connectivity index (χ1n) is 3.57. The van der Waals surface area contributed by atoms with Crippen LogP contribution in [0.2, 0.25) is 0 Å². The van der Waals surface area contributed by atoms with Gasteiger partial charge in [-0.1, -0.05) is 23.9 Å². The second kappa shape index (κ2) is 5.83. The molecule has 0 aromatic carbocycles. The van der Waals surface area contributed by atoms with Crippen molar-refractivity contribution in [2.45, 2.75) is 13.8 Å². The zero-order valence-corrected chi connectivity index (χ0v) is 7.93. The van der Waals surface area contributed by atoms with Gasteiger partial charge in [0.2, 0.25) is 0 Å². The highest BCUT2D eigenvalue weighted by molar-refractivity contribution is 8.13.